The van der Waals surface area contributed by atoms with Crippen LogP contribution in [0.3, 0.4) is 0 Å². The lowest BCUT2D eigenvalue weighted by Crippen LogP contribution is -1.89. The predicted octanol–water partition coefficient (Wildman–Crippen LogP) is 3.03. The molecule has 0 aliphatic heterocycles. The van der Waals surface area contributed by atoms with Crippen molar-refractivity contribution < 1.29 is 5.11 Å². The highest BCUT2D eigenvalue weighted by Crippen LogP contribution is 2.29. The Hall–Kier alpha value is -0.830. The molecule has 0 atom stereocenters. The molecule has 0 unspecified atom stereocenters. The van der Waals surface area contributed by atoms with Gasteiger partial charge in [0.15, 0.2) is 0 Å². The second-order valence-corrected chi connectivity index (χ2v) is 3.75. The van der Waals surface area contributed by atoms with E-state index in [0.717, 1.165) is 10.9 Å². The molecule has 0 saturated heterocycles. The summed E-state index contributed by atoms with van der Waals surface area (Å²) in [6.07, 6.45) is 1.63. The van der Waals surface area contributed by atoms with E-state index in [1.807, 2.05) is 0 Å². The van der Waals surface area contributed by atoms with Crippen molar-refractivity contribution in [1.29, 1.82) is 0 Å². The molecule has 0 spiro atoms. The zero-order valence-corrected chi connectivity index (χ0v) is 8.68. The van der Waals surface area contributed by atoms with Gasteiger partial charge >= 0.3 is 0 Å². The lowest BCUT2D eigenvalue weighted by atomic mass is 10.1. The van der Waals surface area contributed by atoms with Crippen molar-refractivity contribution in [3.8, 4) is 0 Å². The first-order valence-electron chi connectivity index (χ1n) is 4.06. The molecule has 2 nitrogen and oxygen atoms in total. The molecule has 0 amide bonds. The summed E-state index contributed by atoms with van der Waals surface area (Å²) in [5.41, 5.74) is 1.46. The monoisotopic (exact) mass is 227 g/mol. The lowest BCUT2D eigenvalue weighted by Gasteiger charge is -2.05. The Balaban J connectivity index is 2.87. The Morgan fingerprint density at radius 2 is 2.07 bits per heavy atom. The summed E-state index contributed by atoms with van der Waals surface area (Å²) >= 11 is 11.8. The first-order chi connectivity index (χ1) is 6.72. The van der Waals surface area contributed by atoms with Crippen molar-refractivity contribution in [3.05, 3.63) is 40.0 Å². The maximum absolute atomic E-state index is 9.11. The quantitative estimate of drug-likeness (QED) is 0.813. The molecule has 72 valence electrons. The van der Waals surface area contributed by atoms with Gasteiger partial charge in [-0.05, 0) is 23.8 Å². The van der Waals surface area contributed by atoms with E-state index < -0.39 is 0 Å². The number of rotatable bonds is 1. The van der Waals surface area contributed by atoms with Crippen LogP contribution in [-0.4, -0.2) is 10.1 Å². The zero-order chi connectivity index (χ0) is 10.1. The van der Waals surface area contributed by atoms with Crippen LogP contribution in [0.5, 0.6) is 0 Å². The average molecular weight is 228 g/mol. The highest BCUT2D eigenvalue weighted by molar-refractivity contribution is 6.38. The van der Waals surface area contributed by atoms with Crippen molar-refractivity contribution in [1.82, 2.24) is 4.98 Å². The van der Waals surface area contributed by atoms with Crippen molar-refractivity contribution in [2.45, 2.75) is 6.61 Å². The standard InChI is InChI=1S/C10H7Cl2NO/c11-7-3-8(12)10-6(5-14)1-2-13-9(10)4-7/h1-4,14H,5H2. The van der Waals surface area contributed by atoms with Gasteiger partial charge in [0.1, 0.15) is 0 Å². The fourth-order valence-electron chi connectivity index (χ4n) is 1.40. The molecule has 0 bridgehead atoms. The Bertz CT molecular complexity index is 485. The number of pyridine rings is 1. The molecule has 0 aliphatic rings. The smallest absolute Gasteiger partial charge is 0.0735 e. The summed E-state index contributed by atoms with van der Waals surface area (Å²) in [5, 5.41) is 10.9. The van der Waals surface area contributed by atoms with E-state index in [9.17, 15) is 0 Å². The molecule has 1 aromatic carbocycles. The molecule has 0 fully saturated rings. The van der Waals surface area contributed by atoms with Gasteiger partial charge in [0.2, 0.25) is 0 Å². The minimum absolute atomic E-state index is 0.0552. The lowest BCUT2D eigenvalue weighted by molar-refractivity contribution is 0.283. The molecular weight excluding hydrogens is 221 g/mol. The van der Waals surface area contributed by atoms with E-state index in [2.05, 4.69) is 4.98 Å². The minimum Gasteiger partial charge on any atom is -0.392 e. The Kier molecular flexibility index (Phi) is 2.59. The van der Waals surface area contributed by atoms with Gasteiger partial charge in [0.05, 0.1) is 17.1 Å². The van der Waals surface area contributed by atoms with Crippen molar-refractivity contribution >= 4 is 34.1 Å². The van der Waals surface area contributed by atoms with Crippen molar-refractivity contribution in [2.24, 2.45) is 0 Å². The fraction of sp³-hybridized carbons (Fsp3) is 0.100. The minimum atomic E-state index is -0.0552. The zero-order valence-electron chi connectivity index (χ0n) is 7.17. The molecule has 0 radical (unpaired) electrons. The number of benzene rings is 1. The van der Waals surface area contributed by atoms with Crippen LogP contribution < -0.4 is 0 Å². The molecular formula is C10H7Cl2NO. The largest absolute Gasteiger partial charge is 0.392 e. The van der Waals surface area contributed by atoms with Crippen LogP contribution in [0.1, 0.15) is 5.56 Å². The van der Waals surface area contributed by atoms with Gasteiger partial charge in [0.25, 0.3) is 0 Å². The van der Waals surface area contributed by atoms with E-state index >= 15 is 0 Å². The molecule has 4 heteroatoms. The average Bonchev–Trinajstić information content (AvgIpc) is 2.16. The molecule has 14 heavy (non-hydrogen) atoms. The van der Waals surface area contributed by atoms with Crippen molar-refractivity contribution in [3.63, 3.8) is 0 Å². The van der Waals surface area contributed by atoms with Crippen LogP contribution in [0.25, 0.3) is 10.9 Å². The molecule has 0 saturated carbocycles. The van der Waals surface area contributed by atoms with Gasteiger partial charge < -0.3 is 5.11 Å². The normalized spacial score (nSPS) is 10.8. The first-order valence-corrected chi connectivity index (χ1v) is 4.81. The topological polar surface area (TPSA) is 33.1 Å². The molecule has 0 aliphatic carbocycles. The van der Waals surface area contributed by atoms with E-state index in [-0.39, 0.29) is 6.61 Å². The summed E-state index contributed by atoms with van der Waals surface area (Å²) in [4.78, 5) is 4.13. The van der Waals surface area contributed by atoms with E-state index in [1.165, 1.54) is 0 Å². The highest BCUT2D eigenvalue weighted by atomic mass is 35.5. The number of aromatic nitrogens is 1. The van der Waals surface area contributed by atoms with Crippen LogP contribution in [0.4, 0.5) is 0 Å². The third-order valence-corrected chi connectivity index (χ3v) is 2.53. The van der Waals surface area contributed by atoms with Gasteiger partial charge in [-0.2, -0.15) is 0 Å². The van der Waals surface area contributed by atoms with Crippen molar-refractivity contribution in [2.75, 3.05) is 0 Å². The second kappa shape index (κ2) is 3.73. The van der Waals surface area contributed by atoms with Gasteiger partial charge in [0, 0.05) is 16.6 Å². The Morgan fingerprint density at radius 1 is 1.29 bits per heavy atom. The molecule has 1 N–H and O–H groups in total. The maximum Gasteiger partial charge on any atom is 0.0735 e. The number of aliphatic hydroxyl groups is 1. The Morgan fingerprint density at radius 3 is 2.79 bits per heavy atom. The molecule has 2 aromatic rings. The summed E-state index contributed by atoms with van der Waals surface area (Å²) in [7, 11) is 0. The summed E-state index contributed by atoms with van der Waals surface area (Å²) < 4.78 is 0. The number of hydrogen-bond donors (Lipinski definition) is 1. The number of fused-ring (bicyclic) bond motifs is 1. The van der Waals surface area contributed by atoms with Crippen LogP contribution in [-0.2, 0) is 6.61 Å². The van der Waals surface area contributed by atoms with Crippen LogP contribution in [0.2, 0.25) is 10.0 Å². The fourth-order valence-corrected chi connectivity index (χ4v) is 2.01. The summed E-state index contributed by atoms with van der Waals surface area (Å²) in [6.45, 7) is -0.0552. The predicted molar refractivity (Wildman–Crippen MR) is 57.7 cm³/mol. The van der Waals surface area contributed by atoms with Crippen LogP contribution >= 0.6 is 23.2 Å². The molecule has 1 aromatic heterocycles. The summed E-state index contributed by atoms with van der Waals surface area (Å²) in [6, 6.07) is 5.11. The molecule has 2 rings (SSSR count). The Labute approximate surface area is 91.1 Å². The second-order valence-electron chi connectivity index (χ2n) is 2.91. The van der Waals surface area contributed by atoms with Gasteiger partial charge in [-0.1, -0.05) is 23.2 Å². The number of nitrogens with zero attached hydrogens (tertiary/aromatic N) is 1. The number of hydrogen-bond acceptors (Lipinski definition) is 2. The third-order valence-electron chi connectivity index (χ3n) is 2.01. The first kappa shape index (κ1) is 9.71. The maximum atomic E-state index is 9.11. The van der Waals surface area contributed by atoms with Gasteiger partial charge in [-0.15, -0.1) is 0 Å². The van der Waals surface area contributed by atoms with Crippen LogP contribution in [0.15, 0.2) is 24.4 Å². The highest BCUT2D eigenvalue weighted by Gasteiger charge is 2.06. The number of halogens is 2. The van der Waals surface area contributed by atoms with Gasteiger partial charge in [-0.25, -0.2) is 0 Å². The SMILES string of the molecule is OCc1ccnc2cc(Cl)cc(Cl)c12. The van der Waals surface area contributed by atoms with E-state index in [1.54, 1.807) is 24.4 Å². The summed E-state index contributed by atoms with van der Waals surface area (Å²) in [5.74, 6) is 0. The number of aliphatic hydroxyl groups excluding tert-OH is 1. The van der Waals surface area contributed by atoms with Gasteiger partial charge in [-0.3, -0.25) is 4.98 Å². The van der Waals surface area contributed by atoms with Crippen LogP contribution in [0, 0.1) is 0 Å². The third kappa shape index (κ3) is 1.57. The van der Waals surface area contributed by atoms with E-state index in [0.29, 0.717) is 15.6 Å². The molecule has 1 heterocycles. The van der Waals surface area contributed by atoms with E-state index in [4.69, 9.17) is 28.3 Å².